The molecule has 3 heteroatoms. The molecule has 2 aromatic rings. The molecule has 3 nitrogen and oxygen atoms in total. The molecule has 0 atom stereocenters. The lowest BCUT2D eigenvalue weighted by atomic mass is 10.2. The number of para-hydroxylation sites is 1. The number of hydrogen-bond donors (Lipinski definition) is 1. The molecule has 0 aliphatic heterocycles. The van der Waals surface area contributed by atoms with Gasteiger partial charge >= 0.3 is 0 Å². The molecule has 0 spiro atoms. The molecule has 0 saturated heterocycles. The van der Waals surface area contributed by atoms with Crippen LogP contribution in [0, 0.1) is 5.92 Å². The van der Waals surface area contributed by atoms with Gasteiger partial charge in [-0.1, -0.05) is 50.3 Å². The van der Waals surface area contributed by atoms with Crippen molar-refractivity contribution in [2.45, 2.75) is 33.1 Å². The fraction of sp³-hybridized carbons (Fsp3) is 0.350. The lowest BCUT2D eigenvalue weighted by Crippen LogP contribution is -2.25. The highest BCUT2D eigenvalue weighted by molar-refractivity contribution is 5.87. The van der Waals surface area contributed by atoms with E-state index in [9.17, 15) is 4.79 Å². The standard InChI is InChI=1S/C20H25NO2/c1-16(2)15-21-20(22)13-7-5-3-4-6-11-18-14-17-10-8-9-12-19(17)23-18/h3,5,7-10,12-14,16H,4,6,11,15H2,1-2H3,(H,21,22)/b5-3+,13-7+. The number of carbonyl (C=O) groups excluding carboxylic acids is 1. The molecular weight excluding hydrogens is 286 g/mol. The molecule has 1 aromatic carbocycles. The highest BCUT2D eigenvalue weighted by Gasteiger charge is 2.01. The molecule has 1 amide bonds. The molecule has 2 rings (SSSR count). The number of furan rings is 1. The van der Waals surface area contributed by atoms with Gasteiger partial charge in [-0.25, -0.2) is 0 Å². The Labute approximate surface area is 138 Å². The average molecular weight is 311 g/mol. The Balaban J connectivity index is 1.65. The Morgan fingerprint density at radius 3 is 2.87 bits per heavy atom. The SMILES string of the molecule is CC(C)CNC(=O)/C=C/C=C/CCCc1cc2ccccc2o1. The molecule has 0 unspecified atom stereocenters. The van der Waals surface area contributed by atoms with Crippen molar-refractivity contribution in [3.63, 3.8) is 0 Å². The van der Waals surface area contributed by atoms with Crippen LogP contribution in [0.2, 0.25) is 0 Å². The van der Waals surface area contributed by atoms with E-state index < -0.39 is 0 Å². The van der Waals surface area contributed by atoms with Crippen LogP contribution in [-0.2, 0) is 11.2 Å². The fourth-order valence-corrected chi connectivity index (χ4v) is 2.24. The first-order chi connectivity index (χ1) is 11.1. The van der Waals surface area contributed by atoms with Crippen LogP contribution in [0.25, 0.3) is 11.0 Å². The van der Waals surface area contributed by atoms with Crippen LogP contribution >= 0.6 is 0 Å². The minimum atomic E-state index is -0.0365. The molecule has 1 aromatic heterocycles. The van der Waals surface area contributed by atoms with Crippen LogP contribution in [-0.4, -0.2) is 12.5 Å². The number of carbonyl (C=O) groups is 1. The Hall–Kier alpha value is -2.29. The van der Waals surface area contributed by atoms with E-state index in [1.54, 1.807) is 12.2 Å². The molecule has 0 radical (unpaired) electrons. The molecule has 1 heterocycles. The molecule has 0 fully saturated rings. The van der Waals surface area contributed by atoms with E-state index in [2.05, 4.69) is 37.4 Å². The molecule has 0 saturated carbocycles. The van der Waals surface area contributed by atoms with Crippen molar-refractivity contribution in [1.29, 1.82) is 0 Å². The Morgan fingerprint density at radius 1 is 1.26 bits per heavy atom. The van der Waals surface area contributed by atoms with Gasteiger partial charge in [0.25, 0.3) is 0 Å². The maximum atomic E-state index is 11.5. The van der Waals surface area contributed by atoms with E-state index in [4.69, 9.17) is 4.42 Å². The summed E-state index contributed by atoms with van der Waals surface area (Å²) in [7, 11) is 0. The summed E-state index contributed by atoms with van der Waals surface area (Å²) < 4.78 is 5.78. The second-order valence-electron chi connectivity index (χ2n) is 6.07. The van der Waals surface area contributed by atoms with E-state index >= 15 is 0 Å². The van der Waals surface area contributed by atoms with Crippen molar-refractivity contribution in [1.82, 2.24) is 5.32 Å². The second-order valence-corrected chi connectivity index (χ2v) is 6.07. The first-order valence-electron chi connectivity index (χ1n) is 8.23. The Kier molecular flexibility index (Phi) is 6.67. The summed E-state index contributed by atoms with van der Waals surface area (Å²) in [6.45, 7) is 4.86. The van der Waals surface area contributed by atoms with Crippen LogP contribution in [0.1, 0.15) is 32.4 Å². The summed E-state index contributed by atoms with van der Waals surface area (Å²) in [5, 5.41) is 4.01. The summed E-state index contributed by atoms with van der Waals surface area (Å²) >= 11 is 0. The largest absolute Gasteiger partial charge is 0.461 e. The van der Waals surface area contributed by atoms with Crippen LogP contribution in [0.5, 0.6) is 0 Å². The summed E-state index contributed by atoms with van der Waals surface area (Å²) in [4.78, 5) is 11.5. The third-order valence-electron chi connectivity index (χ3n) is 3.45. The summed E-state index contributed by atoms with van der Waals surface area (Å²) in [6, 6.07) is 10.2. The average Bonchev–Trinajstić information content (AvgIpc) is 2.94. The van der Waals surface area contributed by atoms with Gasteiger partial charge in [0, 0.05) is 24.4 Å². The maximum Gasteiger partial charge on any atom is 0.243 e. The van der Waals surface area contributed by atoms with Crippen LogP contribution in [0.15, 0.2) is 59.1 Å². The lowest BCUT2D eigenvalue weighted by Gasteiger charge is -2.03. The zero-order valence-electron chi connectivity index (χ0n) is 13.9. The highest BCUT2D eigenvalue weighted by Crippen LogP contribution is 2.20. The molecule has 0 bridgehead atoms. The molecular formula is C20H25NO2. The van der Waals surface area contributed by atoms with Gasteiger partial charge in [0.15, 0.2) is 0 Å². The van der Waals surface area contributed by atoms with Gasteiger partial charge in [-0.15, -0.1) is 0 Å². The monoisotopic (exact) mass is 311 g/mol. The number of benzene rings is 1. The van der Waals surface area contributed by atoms with Crippen molar-refractivity contribution < 1.29 is 9.21 Å². The normalized spacial score (nSPS) is 12.0. The van der Waals surface area contributed by atoms with Gasteiger partial charge in [0.2, 0.25) is 5.91 Å². The molecule has 0 aliphatic carbocycles. The van der Waals surface area contributed by atoms with Crippen LogP contribution in [0.4, 0.5) is 0 Å². The Bertz CT molecular complexity index is 647. The highest BCUT2D eigenvalue weighted by atomic mass is 16.3. The van der Waals surface area contributed by atoms with Crippen molar-refractivity contribution in [2.75, 3.05) is 6.54 Å². The van der Waals surface area contributed by atoms with Crippen molar-refractivity contribution in [3.8, 4) is 0 Å². The third-order valence-corrected chi connectivity index (χ3v) is 3.45. The third kappa shape index (κ3) is 6.15. The maximum absolute atomic E-state index is 11.5. The summed E-state index contributed by atoms with van der Waals surface area (Å²) in [6.07, 6.45) is 10.3. The van der Waals surface area contributed by atoms with Crippen LogP contribution < -0.4 is 5.32 Å². The van der Waals surface area contributed by atoms with Gasteiger partial charge in [-0.05, 0) is 30.9 Å². The zero-order chi connectivity index (χ0) is 16.5. The minimum absolute atomic E-state index is 0.0365. The predicted molar refractivity (Wildman–Crippen MR) is 95.3 cm³/mol. The lowest BCUT2D eigenvalue weighted by molar-refractivity contribution is -0.116. The predicted octanol–water partition coefficient (Wildman–Crippen LogP) is 4.64. The number of nitrogens with one attached hydrogen (secondary N) is 1. The number of hydrogen-bond acceptors (Lipinski definition) is 2. The second kappa shape index (κ2) is 8.99. The van der Waals surface area contributed by atoms with Crippen molar-refractivity contribution >= 4 is 16.9 Å². The van der Waals surface area contributed by atoms with Gasteiger partial charge in [0.1, 0.15) is 11.3 Å². The van der Waals surface area contributed by atoms with Crippen LogP contribution in [0.3, 0.4) is 0 Å². The van der Waals surface area contributed by atoms with Gasteiger partial charge < -0.3 is 9.73 Å². The molecule has 0 aliphatic rings. The molecule has 1 N–H and O–H groups in total. The number of amides is 1. The number of unbranched alkanes of at least 4 members (excludes halogenated alkanes) is 1. The minimum Gasteiger partial charge on any atom is -0.461 e. The van der Waals surface area contributed by atoms with E-state index in [1.165, 1.54) is 0 Å². The van der Waals surface area contributed by atoms with E-state index in [0.717, 1.165) is 36.0 Å². The molecule has 23 heavy (non-hydrogen) atoms. The van der Waals surface area contributed by atoms with Gasteiger partial charge in [-0.3, -0.25) is 4.79 Å². The first kappa shape index (κ1) is 17.1. The number of rotatable bonds is 8. The topological polar surface area (TPSA) is 42.2 Å². The van der Waals surface area contributed by atoms with Gasteiger partial charge in [0.05, 0.1) is 0 Å². The number of fused-ring (bicyclic) bond motifs is 1. The fourth-order valence-electron chi connectivity index (χ4n) is 2.24. The summed E-state index contributed by atoms with van der Waals surface area (Å²) in [5.41, 5.74) is 0.952. The van der Waals surface area contributed by atoms with E-state index in [-0.39, 0.29) is 5.91 Å². The van der Waals surface area contributed by atoms with Crippen molar-refractivity contribution in [2.24, 2.45) is 5.92 Å². The quantitative estimate of drug-likeness (QED) is 0.438. The van der Waals surface area contributed by atoms with E-state index in [0.29, 0.717) is 12.5 Å². The van der Waals surface area contributed by atoms with Gasteiger partial charge in [-0.2, -0.15) is 0 Å². The smallest absolute Gasteiger partial charge is 0.243 e. The Morgan fingerprint density at radius 2 is 2.09 bits per heavy atom. The number of aryl methyl sites for hydroxylation is 1. The first-order valence-corrected chi connectivity index (χ1v) is 8.23. The number of allylic oxidation sites excluding steroid dienone is 3. The molecule has 122 valence electrons. The zero-order valence-corrected chi connectivity index (χ0v) is 13.9. The van der Waals surface area contributed by atoms with E-state index in [1.807, 2.05) is 24.3 Å². The van der Waals surface area contributed by atoms with Crippen molar-refractivity contribution in [3.05, 3.63) is 60.4 Å². The summed E-state index contributed by atoms with van der Waals surface area (Å²) in [5.74, 6) is 1.47.